The van der Waals surface area contributed by atoms with Gasteiger partial charge in [0.15, 0.2) is 11.5 Å². The van der Waals surface area contributed by atoms with E-state index in [4.69, 9.17) is 19.5 Å². The zero-order valence-corrected chi connectivity index (χ0v) is 13.7. The molecule has 0 saturated carbocycles. The van der Waals surface area contributed by atoms with Crippen molar-refractivity contribution in [1.29, 1.82) is 5.26 Å². The zero-order chi connectivity index (χ0) is 15.8. The number of hydrogen-bond acceptors (Lipinski definition) is 5. The Morgan fingerprint density at radius 1 is 1.38 bits per heavy atom. The highest BCUT2D eigenvalue weighted by Crippen LogP contribution is 2.37. The highest BCUT2D eigenvalue weighted by atomic mass is 79.9. The molecule has 0 radical (unpaired) electrons. The number of methoxy groups -OCH3 is 1. The average molecular weight is 354 g/mol. The predicted molar refractivity (Wildman–Crippen MR) is 82.1 cm³/mol. The van der Waals surface area contributed by atoms with E-state index < -0.39 is 5.97 Å². The summed E-state index contributed by atoms with van der Waals surface area (Å²) in [5.74, 6) is 0.439. The average Bonchev–Trinajstić information content (AvgIpc) is 2.47. The van der Waals surface area contributed by atoms with E-state index in [9.17, 15) is 4.79 Å². The minimum absolute atomic E-state index is 0.0741. The van der Waals surface area contributed by atoms with Crippen molar-refractivity contribution in [1.82, 2.24) is 0 Å². The summed E-state index contributed by atoms with van der Waals surface area (Å²) in [7, 11) is 1.52. The second-order valence-corrected chi connectivity index (χ2v) is 4.71. The Labute approximate surface area is 132 Å². The SMILES string of the molecule is CCOC(=O)/C(C#N)=C/c1cc(Br)c(OCC)c(OC)c1. The van der Waals surface area contributed by atoms with E-state index in [1.165, 1.54) is 13.2 Å². The molecule has 0 saturated heterocycles. The molecule has 0 aliphatic rings. The molecule has 5 nitrogen and oxygen atoms in total. The molecule has 0 aliphatic heterocycles. The Morgan fingerprint density at radius 3 is 2.62 bits per heavy atom. The number of esters is 1. The molecule has 0 amide bonds. The van der Waals surface area contributed by atoms with Crippen LogP contribution in [0.1, 0.15) is 19.4 Å². The van der Waals surface area contributed by atoms with Crippen molar-refractivity contribution in [3.05, 3.63) is 27.7 Å². The Morgan fingerprint density at radius 2 is 2.10 bits per heavy atom. The molecule has 6 heteroatoms. The maximum atomic E-state index is 11.6. The lowest BCUT2D eigenvalue weighted by Gasteiger charge is -2.12. The first-order valence-corrected chi connectivity index (χ1v) is 7.15. The summed E-state index contributed by atoms with van der Waals surface area (Å²) in [5.41, 5.74) is 0.557. The number of hydrogen-bond donors (Lipinski definition) is 0. The summed E-state index contributed by atoms with van der Waals surface area (Å²) >= 11 is 3.39. The number of halogens is 1. The van der Waals surface area contributed by atoms with E-state index in [0.717, 1.165) is 0 Å². The van der Waals surface area contributed by atoms with Crippen LogP contribution in [0, 0.1) is 11.3 Å². The van der Waals surface area contributed by atoms with Crippen LogP contribution >= 0.6 is 15.9 Å². The highest BCUT2D eigenvalue weighted by Gasteiger charge is 2.13. The van der Waals surface area contributed by atoms with Gasteiger partial charge < -0.3 is 14.2 Å². The number of benzene rings is 1. The minimum atomic E-state index is -0.649. The molecule has 21 heavy (non-hydrogen) atoms. The Kier molecular flexibility index (Phi) is 6.76. The molecule has 0 unspecified atom stereocenters. The van der Waals surface area contributed by atoms with Gasteiger partial charge in [0.05, 0.1) is 24.8 Å². The first kappa shape index (κ1) is 17.1. The number of rotatable bonds is 6. The molecule has 0 atom stereocenters. The summed E-state index contributed by atoms with van der Waals surface area (Å²) < 4.78 is 16.2. The molecule has 1 rings (SSSR count). The van der Waals surface area contributed by atoms with Crippen LogP contribution in [0.25, 0.3) is 6.08 Å². The molecule has 1 aromatic rings. The minimum Gasteiger partial charge on any atom is -0.493 e. The van der Waals surface area contributed by atoms with Gasteiger partial charge in [-0.15, -0.1) is 0 Å². The lowest BCUT2D eigenvalue weighted by atomic mass is 10.1. The first-order chi connectivity index (χ1) is 10.1. The van der Waals surface area contributed by atoms with Crippen LogP contribution in [0.5, 0.6) is 11.5 Å². The third-order valence-corrected chi connectivity index (χ3v) is 3.06. The van der Waals surface area contributed by atoms with Gasteiger partial charge in [0.1, 0.15) is 11.6 Å². The Hall–Kier alpha value is -2.00. The van der Waals surface area contributed by atoms with Gasteiger partial charge in [-0.3, -0.25) is 0 Å². The standard InChI is InChI=1S/C15H16BrNO4/c1-4-20-14-12(16)7-10(8-13(14)19-3)6-11(9-17)15(18)21-5-2/h6-8H,4-5H2,1-3H3/b11-6+. The zero-order valence-electron chi connectivity index (χ0n) is 12.1. The van der Waals surface area contributed by atoms with Crippen molar-refractivity contribution < 1.29 is 19.0 Å². The lowest BCUT2D eigenvalue weighted by Crippen LogP contribution is -2.06. The molecule has 0 fully saturated rings. The predicted octanol–water partition coefficient (Wildman–Crippen LogP) is 3.33. The molecular formula is C15H16BrNO4. The van der Waals surface area contributed by atoms with Crippen LogP contribution in [0.2, 0.25) is 0 Å². The van der Waals surface area contributed by atoms with Crippen molar-refractivity contribution in [2.45, 2.75) is 13.8 Å². The van der Waals surface area contributed by atoms with E-state index in [2.05, 4.69) is 15.9 Å². The number of nitrogens with zero attached hydrogens (tertiary/aromatic N) is 1. The third kappa shape index (κ3) is 4.50. The quantitative estimate of drug-likeness (QED) is 0.445. The maximum Gasteiger partial charge on any atom is 0.348 e. The summed E-state index contributed by atoms with van der Waals surface area (Å²) in [6.45, 7) is 4.27. The van der Waals surface area contributed by atoms with Crippen molar-refractivity contribution in [2.75, 3.05) is 20.3 Å². The number of nitriles is 1. The van der Waals surface area contributed by atoms with Crippen LogP contribution in [-0.2, 0) is 9.53 Å². The Balaban J connectivity index is 3.23. The smallest absolute Gasteiger partial charge is 0.348 e. The van der Waals surface area contributed by atoms with E-state index in [1.807, 2.05) is 13.0 Å². The fraction of sp³-hybridized carbons (Fsp3) is 0.333. The van der Waals surface area contributed by atoms with Gasteiger partial charge in [-0.1, -0.05) is 0 Å². The van der Waals surface area contributed by atoms with Gasteiger partial charge in [-0.25, -0.2) is 4.79 Å². The van der Waals surface area contributed by atoms with Crippen molar-refractivity contribution >= 4 is 28.0 Å². The van der Waals surface area contributed by atoms with Gasteiger partial charge in [-0.2, -0.15) is 5.26 Å². The van der Waals surface area contributed by atoms with Crippen molar-refractivity contribution in [3.8, 4) is 17.6 Å². The summed E-state index contributed by atoms with van der Waals surface area (Å²) in [4.78, 5) is 11.6. The topological polar surface area (TPSA) is 68.6 Å². The highest BCUT2D eigenvalue weighted by molar-refractivity contribution is 9.10. The Bertz CT molecular complexity index is 590. The second-order valence-electron chi connectivity index (χ2n) is 3.86. The fourth-order valence-corrected chi connectivity index (χ4v) is 2.19. The van der Waals surface area contributed by atoms with Crippen LogP contribution in [-0.4, -0.2) is 26.3 Å². The monoisotopic (exact) mass is 353 g/mol. The van der Waals surface area contributed by atoms with Gasteiger partial charge in [-0.05, 0) is 53.5 Å². The molecule has 0 heterocycles. The maximum absolute atomic E-state index is 11.6. The van der Waals surface area contributed by atoms with Gasteiger partial charge >= 0.3 is 5.97 Å². The molecule has 1 aromatic carbocycles. The molecule has 112 valence electrons. The van der Waals surface area contributed by atoms with Gasteiger partial charge in [0, 0.05) is 0 Å². The summed E-state index contributed by atoms with van der Waals surface area (Å²) in [6.07, 6.45) is 1.45. The molecular weight excluding hydrogens is 338 g/mol. The van der Waals surface area contributed by atoms with E-state index >= 15 is 0 Å². The van der Waals surface area contributed by atoms with Crippen LogP contribution in [0.4, 0.5) is 0 Å². The van der Waals surface area contributed by atoms with Crippen molar-refractivity contribution in [3.63, 3.8) is 0 Å². The summed E-state index contributed by atoms with van der Waals surface area (Å²) in [6, 6.07) is 5.26. The van der Waals surface area contributed by atoms with Crippen LogP contribution < -0.4 is 9.47 Å². The van der Waals surface area contributed by atoms with Crippen molar-refractivity contribution in [2.24, 2.45) is 0 Å². The summed E-state index contributed by atoms with van der Waals surface area (Å²) in [5, 5.41) is 9.03. The molecule has 0 spiro atoms. The van der Waals surface area contributed by atoms with E-state index in [1.54, 1.807) is 19.1 Å². The van der Waals surface area contributed by atoms with Gasteiger partial charge in [0.25, 0.3) is 0 Å². The van der Waals surface area contributed by atoms with E-state index in [0.29, 0.717) is 28.1 Å². The van der Waals surface area contributed by atoms with Crippen LogP contribution in [0.3, 0.4) is 0 Å². The normalized spacial score (nSPS) is 10.7. The largest absolute Gasteiger partial charge is 0.493 e. The molecule has 0 aromatic heterocycles. The first-order valence-electron chi connectivity index (χ1n) is 6.36. The second kappa shape index (κ2) is 8.32. The van der Waals surface area contributed by atoms with Gasteiger partial charge in [0.2, 0.25) is 0 Å². The molecule has 0 bridgehead atoms. The third-order valence-electron chi connectivity index (χ3n) is 2.47. The molecule has 0 aliphatic carbocycles. The van der Waals surface area contributed by atoms with E-state index in [-0.39, 0.29) is 12.2 Å². The number of carbonyl (C=O) groups is 1. The van der Waals surface area contributed by atoms with Crippen LogP contribution in [0.15, 0.2) is 22.2 Å². The fourth-order valence-electron chi connectivity index (χ4n) is 1.62. The lowest BCUT2D eigenvalue weighted by molar-refractivity contribution is -0.137. The number of carbonyl (C=O) groups excluding carboxylic acids is 1. The molecule has 0 N–H and O–H groups in total. The number of ether oxygens (including phenoxy) is 3.